The van der Waals surface area contributed by atoms with E-state index in [2.05, 4.69) is 11.9 Å². The predicted octanol–water partition coefficient (Wildman–Crippen LogP) is 6.01. The van der Waals surface area contributed by atoms with Crippen LogP contribution in [0.15, 0.2) is 54.6 Å². The number of nitrogens with zero attached hydrogens (tertiary/aromatic N) is 1. The highest BCUT2D eigenvalue weighted by molar-refractivity contribution is 7.51. The zero-order valence-electron chi connectivity index (χ0n) is 21.2. The van der Waals surface area contributed by atoms with E-state index in [4.69, 9.17) is 14.5 Å². The lowest BCUT2D eigenvalue weighted by Gasteiger charge is -2.22. The highest BCUT2D eigenvalue weighted by Gasteiger charge is 2.24. The van der Waals surface area contributed by atoms with Crippen LogP contribution in [0.3, 0.4) is 0 Å². The Morgan fingerprint density at radius 3 is 2.39 bits per heavy atom. The summed E-state index contributed by atoms with van der Waals surface area (Å²) in [6.07, 6.45) is 5.91. The molecular weight excluding hydrogens is 473 g/mol. The molecule has 1 saturated carbocycles. The first-order valence-electron chi connectivity index (χ1n) is 12.7. The molecule has 2 N–H and O–H groups in total. The third-order valence-electron chi connectivity index (χ3n) is 6.90. The Bertz CT molecular complexity index is 1250. The summed E-state index contributed by atoms with van der Waals surface area (Å²) < 4.78 is 16.4. The van der Waals surface area contributed by atoms with Crippen molar-refractivity contribution in [1.82, 2.24) is 0 Å². The Balaban J connectivity index is 1.43. The van der Waals surface area contributed by atoms with Gasteiger partial charge in [-0.25, -0.2) is 0 Å². The molecule has 0 radical (unpaired) electrons. The number of fused-ring (bicyclic) bond motifs is 1. The number of rotatable bonds is 13. The van der Waals surface area contributed by atoms with Gasteiger partial charge in [0.25, 0.3) is 0 Å². The molecule has 0 aromatic heterocycles. The first-order chi connectivity index (χ1) is 17.2. The Morgan fingerprint density at radius 2 is 1.72 bits per heavy atom. The topological polar surface area (TPSA) is 87.1 Å². The van der Waals surface area contributed by atoms with E-state index in [-0.39, 0.29) is 11.9 Å². The number of methoxy groups -OCH3 is 1. The summed E-state index contributed by atoms with van der Waals surface area (Å²) >= 11 is 0. The standard InChI is InChI=1S/C29H36NO5P/c1-30(20-23-11-12-23)28-18-25(17-24-13-14-26(35-2)19-27(24)28)29(31)16-22-9-7-21(8-10-22)6-4-3-5-15-36(32,33)34/h7-10,13-14,17-19,23H,3-6,11-12,15-16,20H2,1-2H3,(H2,32,33,34). The third-order valence-corrected chi connectivity index (χ3v) is 7.80. The monoisotopic (exact) mass is 509 g/mol. The number of ether oxygens (including phenoxy) is 1. The number of hydrogen-bond acceptors (Lipinski definition) is 4. The van der Waals surface area contributed by atoms with Gasteiger partial charge in [-0.2, -0.15) is 0 Å². The maximum Gasteiger partial charge on any atom is 0.325 e. The number of ketones is 1. The molecule has 0 heterocycles. The maximum absolute atomic E-state index is 13.3. The lowest BCUT2D eigenvalue weighted by molar-refractivity contribution is 0.0993. The molecule has 0 unspecified atom stereocenters. The van der Waals surface area contributed by atoms with Gasteiger partial charge in [0.2, 0.25) is 0 Å². The summed E-state index contributed by atoms with van der Waals surface area (Å²) in [5, 5.41) is 2.13. The molecule has 3 aromatic rings. The van der Waals surface area contributed by atoms with Crippen LogP contribution >= 0.6 is 7.60 Å². The average molecular weight is 510 g/mol. The number of carbonyl (C=O) groups excluding carboxylic acids is 1. The summed E-state index contributed by atoms with van der Waals surface area (Å²) in [6, 6.07) is 18.1. The van der Waals surface area contributed by atoms with Crippen molar-refractivity contribution in [3.05, 3.63) is 71.3 Å². The van der Waals surface area contributed by atoms with Crippen molar-refractivity contribution in [2.24, 2.45) is 5.92 Å². The van der Waals surface area contributed by atoms with Crippen LogP contribution in [-0.2, 0) is 17.4 Å². The molecule has 0 amide bonds. The maximum atomic E-state index is 13.3. The van der Waals surface area contributed by atoms with Gasteiger partial charge in [-0.15, -0.1) is 0 Å². The second kappa shape index (κ2) is 11.6. The molecule has 36 heavy (non-hydrogen) atoms. The molecule has 6 nitrogen and oxygen atoms in total. The Hall–Kier alpha value is -2.66. The van der Waals surface area contributed by atoms with Crippen LogP contribution in [0.5, 0.6) is 5.75 Å². The van der Waals surface area contributed by atoms with Crippen LogP contribution in [0.4, 0.5) is 5.69 Å². The lowest BCUT2D eigenvalue weighted by Crippen LogP contribution is -2.20. The molecule has 0 saturated heterocycles. The molecule has 192 valence electrons. The molecule has 0 spiro atoms. The van der Waals surface area contributed by atoms with Crippen LogP contribution in [0.1, 0.15) is 53.6 Å². The zero-order valence-corrected chi connectivity index (χ0v) is 22.0. The first-order valence-corrected chi connectivity index (χ1v) is 14.5. The van der Waals surface area contributed by atoms with Gasteiger partial charge in [-0.05, 0) is 78.8 Å². The van der Waals surface area contributed by atoms with Gasteiger partial charge < -0.3 is 19.4 Å². The van der Waals surface area contributed by atoms with Crippen molar-refractivity contribution >= 4 is 29.8 Å². The zero-order chi connectivity index (χ0) is 25.7. The fourth-order valence-corrected chi connectivity index (χ4v) is 5.28. The molecule has 1 aliphatic carbocycles. The Morgan fingerprint density at radius 1 is 1.00 bits per heavy atom. The van der Waals surface area contributed by atoms with Crippen LogP contribution in [0.2, 0.25) is 0 Å². The van der Waals surface area contributed by atoms with Crippen LogP contribution in [-0.4, -0.2) is 42.4 Å². The number of hydrogen-bond donors (Lipinski definition) is 2. The minimum Gasteiger partial charge on any atom is -0.497 e. The second-order valence-electron chi connectivity index (χ2n) is 10.0. The summed E-state index contributed by atoms with van der Waals surface area (Å²) in [5.41, 5.74) is 3.94. The van der Waals surface area contributed by atoms with E-state index in [1.165, 1.54) is 18.4 Å². The number of anilines is 1. The van der Waals surface area contributed by atoms with Gasteiger partial charge in [0.05, 0.1) is 7.11 Å². The fraction of sp³-hybridized carbons (Fsp3) is 0.414. The third kappa shape index (κ3) is 7.42. The smallest absolute Gasteiger partial charge is 0.325 e. The van der Waals surface area contributed by atoms with E-state index in [1.54, 1.807) is 7.11 Å². The van der Waals surface area contributed by atoms with Gasteiger partial charge >= 0.3 is 7.60 Å². The van der Waals surface area contributed by atoms with Gasteiger partial charge in [0.1, 0.15) is 5.75 Å². The Kier molecular flexibility index (Phi) is 8.50. The summed E-state index contributed by atoms with van der Waals surface area (Å²) in [5.74, 6) is 1.64. The number of benzene rings is 3. The molecule has 7 heteroatoms. The minimum atomic E-state index is -3.89. The van der Waals surface area contributed by atoms with Crippen LogP contribution in [0, 0.1) is 5.92 Å². The molecule has 1 fully saturated rings. The Labute approximate surface area is 213 Å². The molecule has 0 bridgehead atoms. The number of aryl methyl sites for hydroxylation is 1. The fourth-order valence-electron chi connectivity index (χ4n) is 4.64. The van der Waals surface area contributed by atoms with Crippen molar-refractivity contribution in [2.45, 2.75) is 44.9 Å². The van der Waals surface area contributed by atoms with Gasteiger partial charge in [0.15, 0.2) is 5.78 Å². The van der Waals surface area contributed by atoms with E-state index in [0.29, 0.717) is 12.8 Å². The summed E-state index contributed by atoms with van der Waals surface area (Å²) in [6.45, 7) is 0.991. The number of Topliss-reactive ketones (excluding diaryl/α,β-unsaturated/α-hetero) is 1. The van der Waals surface area contributed by atoms with Crippen LogP contribution in [0.25, 0.3) is 10.8 Å². The van der Waals surface area contributed by atoms with E-state index in [0.717, 1.165) is 65.1 Å². The highest BCUT2D eigenvalue weighted by Crippen LogP contribution is 2.36. The first kappa shape index (κ1) is 26.4. The summed E-state index contributed by atoms with van der Waals surface area (Å²) in [4.78, 5) is 33.5. The lowest BCUT2D eigenvalue weighted by atomic mass is 9.97. The van der Waals surface area contributed by atoms with Crippen LogP contribution < -0.4 is 9.64 Å². The largest absolute Gasteiger partial charge is 0.497 e. The minimum absolute atomic E-state index is 0.0472. The summed E-state index contributed by atoms with van der Waals surface area (Å²) in [7, 11) is -0.120. The average Bonchev–Trinajstić information content (AvgIpc) is 3.67. The highest BCUT2D eigenvalue weighted by atomic mass is 31.2. The van der Waals surface area contributed by atoms with E-state index >= 15 is 0 Å². The van der Waals surface area contributed by atoms with Crippen molar-refractivity contribution < 1.29 is 23.9 Å². The van der Waals surface area contributed by atoms with Gasteiger partial charge in [0, 0.05) is 42.8 Å². The molecule has 0 aliphatic heterocycles. The van der Waals surface area contributed by atoms with Crippen molar-refractivity contribution in [3.8, 4) is 5.75 Å². The normalized spacial score (nSPS) is 13.7. The quantitative estimate of drug-likeness (QED) is 0.167. The SMILES string of the molecule is COc1ccc2cc(C(=O)Cc3ccc(CCCCCP(=O)(O)O)cc3)cc(N(C)CC3CC3)c2c1. The molecule has 1 aliphatic rings. The number of unbranched alkanes of at least 4 members (excludes halogenated alkanes) is 2. The van der Waals surface area contributed by atoms with Crippen molar-refractivity contribution in [1.29, 1.82) is 0 Å². The van der Waals surface area contributed by atoms with Crippen molar-refractivity contribution in [3.63, 3.8) is 0 Å². The second-order valence-corrected chi connectivity index (χ2v) is 11.8. The number of carbonyl (C=O) groups is 1. The molecular formula is C29H36NO5P. The van der Waals surface area contributed by atoms with Gasteiger partial charge in [-0.3, -0.25) is 9.36 Å². The van der Waals surface area contributed by atoms with E-state index in [9.17, 15) is 9.36 Å². The molecule has 4 rings (SSSR count). The molecule has 0 atom stereocenters. The van der Waals surface area contributed by atoms with Gasteiger partial charge in [-0.1, -0.05) is 36.8 Å². The van der Waals surface area contributed by atoms with Crippen molar-refractivity contribution in [2.75, 3.05) is 31.8 Å². The van der Waals surface area contributed by atoms with E-state index in [1.807, 2.05) is 54.6 Å². The van der Waals surface area contributed by atoms with E-state index < -0.39 is 7.60 Å². The molecule has 3 aromatic carbocycles. The predicted molar refractivity (Wildman–Crippen MR) is 145 cm³/mol.